The lowest BCUT2D eigenvalue weighted by Gasteiger charge is -2.13. The van der Waals surface area contributed by atoms with Gasteiger partial charge in [-0.2, -0.15) is 18.3 Å². The fourth-order valence-electron chi connectivity index (χ4n) is 2.22. The number of carbonyl (C=O) groups is 2. The summed E-state index contributed by atoms with van der Waals surface area (Å²) in [7, 11) is 3.74. The van der Waals surface area contributed by atoms with Crippen molar-refractivity contribution in [1.29, 1.82) is 0 Å². The van der Waals surface area contributed by atoms with Crippen LogP contribution in [-0.2, 0) is 11.0 Å². The van der Waals surface area contributed by atoms with Crippen LogP contribution in [0.15, 0.2) is 47.6 Å². The molecule has 0 atom stereocenters. The van der Waals surface area contributed by atoms with Gasteiger partial charge in [0.15, 0.2) is 0 Å². The van der Waals surface area contributed by atoms with E-state index in [0.717, 1.165) is 23.9 Å². The largest absolute Gasteiger partial charge is 0.416 e. The summed E-state index contributed by atoms with van der Waals surface area (Å²) in [6.45, 7) is -0.435. The molecule has 7 nitrogen and oxygen atoms in total. The van der Waals surface area contributed by atoms with E-state index in [1.165, 1.54) is 12.3 Å². The van der Waals surface area contributed by atoms with E-state index in [9.17, 15) is 22.8 Å². The lowest BCUT2D eigenvalue weighted by Crippen LogP contribution is -2.37. The third-order valence-corrected chi connectivity index (χ3v) is 4.08. The van der Waals surface area contributed by atoms with Gasteiger partial charge in [0.1, 0.15) is 6.54 Å². The van der Waals surface area contributed by atoms with Gasteiger partial charge in [-0.1, -0.05) is 17.7 Å². The number of benzene rings is 2. The monoisotopic (exact) mass is 441 g/mol. The highest BCUT2D eigenvalue weighted by molar-refractivity contribution is 6.33. The van der Waals surface area contributed by atoms with Crippen molar-refractivity contribution in [2.75, 3.05) is 30.9 Å². The fraction of sp³-hybridized carbons (Fsp3) is 0.211. The predicted molar refractivity (Wildman–Crippen MR) is 110 cm³/mol. The quantitative estimate of drug-likeness (QED) is 0.472. The predicted octanol–water partition coefficient (Wildman–Crippen LogP) is 3.70. The van der Waals surface area contributed by atoms with E-state index < -0.39 is 30.2 Å². The molecule has 0 bridgehead atoms. The number of anilines is 2. The Bertz CT molecular complexity index is 948. The smallest absolute Gasteiger partial charge is 0.378 e. The summed E-state index contributed by atoms with van der Waals surface area (Å²) >= 11 is 6.14. The zero-order valence-corrected chi connectivity index (χ0v) is 16.8. The van der Waals surface area contributed by atoms with Gasteiger partial charge in [0.2, 0.25) is 0 Å². The maximum atomic E-state index is 12.7. The second kappa shape index (κ2) is 9.97. The molecule has 2 aromatic carbocycles. The number of alkyl halides is 3. The molecule has 0 radical (unpaired) electrons. The summed E-state index contributed by atoms with van der Waals surface area (Å²) < 4.78 is 38.0. The molecule has 0 heterocycles. The Kier molecular flexibility index (Phi) is 7.65. The van der Waals surface area contributed by atoms with Gasteiger partial charge >= 0.3 is 12.2 Å². The SMILES string of the molecule is CN(C)c1ccc(/C=N/NC(=O)CNC(=O)Nc2cccc(C(F)(F)F)c2)c(Cl)c1. The number of hydrogen-bond acceptors (Lipinski definition) is 4. The maximum absolute atomic E-state index is 12.7. The third kappa shape index (κ3) is 6.96. The summed E-state index contributed by atoms with van der Waals surface area (Å²) in [5.41, 5.74) is 2.74. The molecule has 0 aliphatic rings. The van der Waals surface area contributed by atoms with E-state index in [-0.39, 0.29) is 5.69 Å². The number of rotatable bonds is 6. The number of hydrazone groups is 1. The summed E-state index contributed by atoms with van der Waals surface area (Å²) in [6.07, 6.45) is -3.18. The Hall–Kier alpha value is -3.27. The van der Waals surface area contributed by atoms with Gasteiger partial charge in [-0.15, -0.1) is 0 Å². The van der Waals surface area contributed by atoms with Crippen molar-refractivity contribution in [3.63, 3.8) is 0 Å². The standard InChI is InChI=1S/C19H19ClF3N5O2/c1-28(2)15-7-6-12(16(20)9-15)10-25-27-17(29)11-24-18(30)26-14-5-3-4-13(8-14)19(21,22)23/h3-10H,11H2,1-2H3,(H,27,29)(H2,24,26,30)/b25-10+. The lowest BCUT2D eigenvalue weighted by molar-refractivity contribution is -0.137. The first-order valence-corrected chi connectivity index (χ1v) is 8.95. The topological polar surface area (TPSA) is 85.8 Å². The number of carbonyl (C=O) groups excluding carboxylic acids is 2. The normalized spacial score (nSPS) is 11.3. The van der Waals surface area contributed by atoms with Crippen LogP contribution in [0.2, 0.25) is 5.02 Å². The van der Waals surface area contributed by atoms with Crippen molar-refractivity contribution >= 4 is 41.1 Å². The van der Waals surface area contributed by atoms with Crippen LogP contribution >= 0.6 is 11.6 Å². The zero-order valence-electron chi connectivity index (χ0n) is 16.0. The highest BCUT2D eigenvalue weighted by Gasteiger charge is 2.30. The van der Waals surface area contributed by atoms with Gasteiger partial charge in [0.25, 0.3) is 5.91 Å². The first kappa shape index (κ1) is 23.0. The average Bonchev–Trinajstić information content (AvgIpc) is 2.67. The second-order valence-corrected chi connectivity index (χ2v) is 6.69. The number of amides is 3. The van der Waals surface area contributed by atoms with E-state index in [0.29, 0.717) is 10.6 Å². The van der Waals surface area contributed by atoms with Crippen molar-refractivity contribution < 1.29 is 22.8 Å². The van der Waals surface area contributed by atoms with Gasteiger partial charge in [0, 0.05) is 31.0 Å². The van der Waals surface area contributed by atoms with E-state index >= 15 is 0 Å². The number of nitrogens with one attached hydrogen (secondary N) is 3. The van der Waals surface area contributed by atoms with Crippen LogP contribution in [0.25, 0.3) is 0 Å². The van der Waals surface area contributed by atoms with Crippen molar-refractivity contribution in [3.05, 3.63) is 58.6 Å². The number of halogens is 4. The van der Waals surface area contributed by atoms with Crippen molar-refractivity contribution in [1.82, 2.24) is 10.7 Å². The van der Waals surface area contributed by atoms with Gasteiger partial charge in [-0.3, -0.25) is 4.79 Å². The molecular formula is C19H19ClF3N5O2. The van der Waals surface area contributed by atoms with Crippen molar-refractivity contribution in [2.24, 2.45) is 5.10 Å². The van der Waals surface area contributed by atoms with Gasteiger partial charge in [-0.05, 0) is 36.4 Å². The van der Waals surface area contributed by atoms with Crippen LogP contribution in [0.1, 0.15) is 11.1 Å². The van der Waals surface area contributed by atoms with Crippen LogP contribution in [0.5, 0.6) is 0 Å². The molecule has 0 saturated heterocycles. The first-order valence-electron chi connectivity index (χ1n) is 8.57. The molecule has 0 unspecified atom stereocenters. The molecule has 0 aliphatic heterocycles. The first-order chi connectivity index (χ1) is 14.1. The second-order valence-electron chi connectivity index (χ2n) is 6.28. The number of nitrogens with zero attached hydrogens (tertiary/aromatic N) is 2. The third-order valence-electron chi connectivity index (χ3n) is 3.75. The van der Waals surface area contributed by atoms with Gasteiger partial charge < -0.3 is 15.5 Å². The minimum Gasteiger partial charge on any atom is -0.378 e. The summed E-state index contributed by atoms with van der Waals surface area (Å²) in [6, 6.07) is 8.59. The Morgan fingerprint density at radius 1 is 1.17 bits per heavy atom. The van der Waals surface area contributed by atoms with Crippen molar-refractivity contribution in [2.45, 2.75) is 6.18 Å². The maximum Gasteiger partial charge on any atom is 0.416 e. The molecule has 0 saturated carbocycles. The molecule has 2 aromatic rings. The van der Waals surface area contributed by atoms with Crippen molar-refractivity contribution in [3.8, 4) is 0 Å². The fourth-order valence-corrected chi connectivity index (χ4v) is 2.44. The molecule has 0 spiro atoms. The summed E-state index contributed by atoms with van der Waals surface area (Å²) in [5, 5.41) is 8.64. The van der Waals surface area contributed by atoms with Gasteiger partial charge in [0.05, 0.1) is 16.8 Å². The van der Waals surface area contributed by atoms with Gasteiger partial charge in [-0.25, -0.2) is 10.2 Å². The van der Waals surface area contributed by atoms with Crippen LogP contribution < -0.4 is 21.0 Å². The Morgan fingerprint density at radius 2 is 1.90 bits per heavy atom. The number of urea groups is 1. The molecule has 11 heteroatoms. The molecule has 3 amide bonds. The molecule has 0 fully saturated rings. The van der Waals surface area contributed by atoms with E-state index in [4.69, 9.17) is 11.6 Å². The molecular weight excluding hydrogens is 423 g/mol. The van der Waals surface area contributed by atoms with Crippen LogP contribution in [-0.4, -0.2) is 38.8 Å². The lowest BCUT2D eigenvalue weighted by atomic mass is 10.2. The minimum atomic E-state index is -4.53. The summed E-state index contributed by atoms with van der Waals surface area (Å²) in [5.74, 6) is -0.633. The minimum absolute atomic E-state index is 0.0587. The highest BCUT2D eigenvalue weighted by Crippen LogP contribution is 2.30. The Morgan fingerprint density at radius 3 is 2.53 bits per heavy atom. The average molecular weight is 442 g/mol. The summed E-state index contributed by atoms with van der Waals surface area (Å²) in [4.78, 5) is 25.4. The zero-order chi connectivity index (χ0) is 22.3. The molecule has 3 N–H and O–H groups in total. The molecule has 160 valence electrons. The van der Waals surface area contributed by atoms with E-state index in [2.05, 4.69) is 21.2 Å². The highest BCUT2D eigenvalue weighted by atomic mass is 35.5. The Balaban J connectivity index is 1.82. The van der Waals surface area contributed by atoms with E-state index in [1.807, 2.05) is 25.1 Å². The number of hydrogen-bond donors (Lipinski definition) is 3. The Labute approximate surface area is 175 Å². The molecule has 2 rings (SSSR count). The molecule has 0 aromatic heterocycles. The van der Waals surface area contributed by atoms with Crippen LogP contribution in [0, 0.1) is 0 Å². The van der Waals surface area contributed by atoms with Crippen LogP contribution in [0.4, 0.5) is 29.3 Å². The molecule has 30 heavy (non-hydrogen) atoms. The van der Waals surface area contributed by atoms with Crippen LogP contribution in [0.3, 0.4) is 0 Å². The molecule has 0 aliphatic carbocycles. The van der Waals surface area contributed by atoms with E-state index in [1.54, 1.807) is 12.1 Å².